The zero-order chi connectivity index (χ0) is 10.5. The van der Waals surface area contributed by atoms with Gasteiger partial charge in [-0.15, -0.1) is 0 Å². The van der Waals surface area contributed by atoms with Crippen LogP contribution in [0.5, 0.6) is 0 Å². The summed E-state index contributed by atoms with van der Waals surface area (Å²) in [6.45, 7) is 7.87. The Labute approximate surface area is 78.2 Å². The lowest BCUT2D eigenvalue weighted by Crippen LogP contribution is -2.45. The highest BCUT2D eigenvalue weighted by atomic mass is 16.6. The Bertz CT molecular complexity index is 188. The van der Waals surface area contributed by atoms with Crippen LogP contribution in [-0.2, 0) is 14.3 Å². The Balaban J connectivity index is 4.32. The molecule has 0 aliphatic carbocycles. The van der Waals surface area contributed by atoms with Crippen LogP contribution in [0.3, 0.4) is 0 Å². The van der Waals surface area contributed by atoms with E-state index in [2.05, 4.69) is 6.58 Å². The highest BCUT2D eigenvalue weighted by molar-refractivity contribution is 5.66. The van der Waals surface area contributed by atoms with Gasteiger partial charge in [0.05, 0.1) is 12.4 Å². The minimum Gasteiger partial charge on any atom is -0.498 e. The van der Waals surface area contributed by atoms with Crippen LogP contribution in [0.25, 0.3) is 0 Å². The van der Waals surface area contributed by atoms with E-state index in [1.54, 1.807) is 6.92 Å². The molecule has 0 saturated heterocycles. The van der Waals surface area contributed by atoms with Gasteiger partial charge >= 0.3 is 5.97 Å². The Morgan fingerprint density at radius 3 is 2.62 bits per heavy atom. The maximum absolute atomic E-state index is 10.7. The average Bonchev–Trinajstić information content (AvgIpc) is 1.99. The summed E-state index contributed by atoms with van der Waals surface area (Å²) in [5.41, 5.74) is -1.01. The summed E-state index contributed by atoms with van der Waals surface area (Å²) in [4.78, 5) is 10.7. The summed E-state index contributed by atoms with van der Waals surface area (Å²) in [5, 5.41) is 9.36. The molecule has 0 spiro atoms. The summed E-state index contributed by atoms with van der Waals surface area (Å²) >= 11 is 0. The van der Waals surface area contributed by atoms with Gasteiger partial charge in [0.1, 0.15) is 6.61 Å². The van der Waals surface area contributed by atoms with Crippen molar-refractivity contribution in [3.8, 4) is 0 Å². The van der Waals surface area contributed by atoms with Crippen molar-refractivity contribution in [2.75, 3.05) is 6.61 Å². The summed E-state index contributed by atoms with van der Waals surface area (Å²) in [7, 11) is 0. The Morgan fingerprint density at radius 2 is 2.31 bits per heavy atom. The van der Waals surface area contributed by atoms with Crippen molar-refractivity contribution in [2.45, 2.75) is 32.5 Å². The fourth-order valence-electron chi connectivity index (χ4n) is 0.788. The fraction of sp³-hybridized carbons (Fsp3) is 0.667. The van der Waals surface area contributed by atoms with Crippen LogP contribution in [0.2, 0.25) is 0 Å². The maximum atomic E-state index is 10.7. The minimum atomic E-state index is -1.01. The number of carbonyl (C=O) groups excluding carboxylic acids is 1. The van der Waals surface area contributed by atoms with Gasteiger partial charge in [0, 0.05) is 6.92 Å². The molecule has 0 amide bonds. The molecule has 4 heteroatoms. The highest BCUT2D eigenvalue weighted by Crippen LogP contribution is 2.16. The zero-order valence-electron chi connectivity index (χ0n) is 8.24. The van der Waals surface area contributed by atoms with Gasteiger partial charge in [0.2, 0.25) is 0 Å². The summed E-state index contributed by atoms with van der Waals surface area (Å²) in [5.74, 6) is -0.448. The zero-order valence-corrected chi connectivity index (χ0v) is 8.24. The Morgan fingerprint density at radius 1 is 1.77 bits per heavy atom. The number of esters is 1. The second-order valence-corrected chi connectivity index (χ2v) is 3.06. The van der Waals surface area contributed by atoms with Gasteiger partial charge in [0.15, 0.2) is 5.60 Å². The number of rotatable bonds is 5. The smallest absolute Gasteiger partial charge is 0.303 e. The molecular formula is C9H16O4. The first-order valence-corrected chi connectivity index (χ1v) is 4.02. The van der Waals surface area contributed by atoms with Gasteiger partial charge in [0.25, 0.3) is 0 Å². The lowest BCUT2D eigenvalue weighted by molar-refractivity contribution is -0.173. The van der Waals surface area contributed by atoms with Gasteiger partial charge < -0.3 is 14.6 Å². The first-order chi connectivity index (χ1) is 5.92. The average molecular weight is 188 g/mol. The maximum Gasteiger partial charge on any atom is 0.303 e. The molecule has 0 fully saturated rings. The molecule has 0 aromatic heterocycles. The van der Waals surface area contributed by atoms with E-state index in [1.165, 1.54) is 20.1 Å². The summed E-state index contributed by atoms with van der Waals surface area (Å²) in [6, 6.07) is 0. The molecular weight excluding hydrogens is 172 g/mol. The van der Waals surface area contributed by atoms with Gasteiger partial charge in [-0.05, 0) is 13.8 Å². The third-order valence-corrected chi connectivity index (χ3v) is 1.75. The molecule has 0 aliphatic rings. The van der Waals surface area contributed by atoms with Crippen molar-refractivity contribution in [3.63, 3.8) is 0 Å². The predicted molar refractivity (Wildman–Crippen MR) is 48.0 cm³/mol. The monoisotopic (exact) mass is 188 g/mol. The molecule has 4 nitrogen and oxygen atoms in total. The van der Waals surface area contributed by atoms with Crippen LogP contribution in [-0.4, -0.2) is 29.4 Å². The number of ether oxygens (including phenoxy) is 2. The third-order valence-electron chi connectivity index (χ3n) is 1.75. The molecule has 0 heterocycles. The second kappa shape index (κ2) is 4.87. The lowest BCUT2D eigenvalue weighted by atomic mass is 10.0. The van der Waals surface area contributed by atoms with E-state index in [9.17, 15) is 9.90 Å². The van der Waals surface area contributed by atoms with E-state index in [-0.39, 0.29) is 6.61 Å². The van der Waals surface area contributed by atoms with Crippen molar-refractivity contribution in [1.82, 2.24) is 0 Å². The van der Waals surface area contributed by atoms with Gasteiger partial charge in [-0.3, -0.25) is 4.79 Å². The van der Waals surface area contributed by atoms with Gasteiger partial charge in [-0.1, -0.05) is 6.58 Å². The van der Waals surface area contributed by atoms with Gasteiger partial charge in [-0.25, -0.2) is 0 Å². The molecule has 0 aliphatic heterocycles. The van der Waals surface area contributed by atoms with Crippen molar-refractivity contribution in [1.29, 1.82) is 0 Å². The molecule has 76 valence electrons. The number of aliphatic hydroxyl groups excluding tert-OH is 1. The summed E-state index contributed by atoms with van der Waals surface area (Å²) in [6.07, 6.45) is 0.445. The topological polar surface area (TPSA) is 55.8 Å². The van der Waals surface area contributed by atoms with Crippen molar-refractivity contribution < 1.29 is 19.4 Å². The van der Waals surface area contributed by atoms with Crippen LogP contribution in [0, 0.1) is 0 Å². The van der Waals surface area contributed by atoms with E-state index in [4.69, 9.17) is 9.47 Å². The number of carbonyl (C=O) groups is 1. The lowest BCUT2D eigenvalue weighted by Gasteiger charge is -2.30. The Kier molecular flexibility index (Phi) is 4.48. The third kappa shape index (κ3) is 3.94. The van der Waals surface area contributed by atoms with E-state index in [0.29, 0.717) is 0 Å². The number of hydrogen-bond acceptors (Lipinski definition) is 4. The highest BCUT2D eigenvalue weighted by Gasteiger charge is 2.34. The molecule has 0 aromatic carbocycles. The quantitative estimate of drug-likeness (QED) is 0.513. The second-order valence-electron chi connectivity index (χ2n) is 3.06. The van der Waals surface area contributed by atoms with Crippen LogP contribution in [0.4, 0.5) is 0 Å². The summed E-state index contributed by atoms with van der Waals surface area (Å²) < 4.78 is 9.83. The van der Waals surface area contributed by atoms with E-state index in [1.807, 2.05) is 0 Å². The normalized spacial score (nSPS) is 16.9. The standard InChI is InChI=1S/C9H16O4/c1-5-12-6-9(4,7(2)10)13-8(3)11/h5,7,10H,1,6H2,2-4H3. The van der Waals surface area contributed by atoms with Crippen LogP contribution >= 0.6 is 0 Å². The van der Waals surface area contributed by atoms with Crippen LogP contribution in [0.1, 0.15) is 20.8 Å². The van der Waals surface area contributed by atoms with Crippen LogP contribution < -0.4 is 0 Å². The Hall–Kier alpha value is -1.03. The van der Waals surface area contributed by atoms with Crippen molar-refractivity contribution >= 4 is 5.97 Å². The minimum absolute atomic E-state index is 0.0910. The molecule has 13 heavy (non-hydrogen) atoms. The van der Waals surface area contributed by atoms with E-state index < -0.39 is 17.7 Å². The number of hydrogen-bond donors (Lipinski definition) is 1. The molecule has 0 bridgehead atoms. The first kappa shape index (κ1) is 12.0. The predicted octanol–water partition coefficient (Wildman–Crippen LogP) is 0.849. The molecule has 0 radical (unpaired) electrons. The van der Waals surface area contributed by atoms with E-state index in [0.717, 1.165) is 0 Å². The molecule has 2 unspecified atom stereocenters. The van der Waals surface area contributed by atoms with E-state index >= 15 is 0 Å². The molecule has 0 aromatic rings. The number of aliphatic hydroxyl groups is 1. The SMILES string of the molecule is C=COCC(C)(OC(C)=O)C(C)O. The largest absolute Gasteiger partial charge is 0.498 e. The molecule has 0 saturated carbocycles. The van der Waals surface area contributed by atoms with Crippen LogP contribution in [0.15, 0.2) is 12.8 Å². The van der Waals surface area contributed by atoms with Crippen molar-refractivity contribution in [3.05, 3.63) is 12.8 Å². The first-order valence-electron chi connectivity index (χ1n) is 4.02. The van der Waals surface area contributed by atoms with Crippen molar-refractivity contribution in [2.24, 2.45) is 0 Å². The molecule has 1 N–H and O–H groups in total. The van der Waals surface area contributed by atoms with Gasteiger partial charge in [-0.2, -0.15) is 0 Å². The molecule has 2 atom stereocenters. The molecule has 0 rings (SSSR count). The fourth-order valence-corrected chi connectivity index (χ4v) is 0.788.